The lowest BCUT2D eigenvalue weighted by molar-refractivity contribution is -0.135. The van der Waals surface area contributed by atoms with Crippen LogP contribution in [-0.2, 0) is 9.53 Å². The number of ether oxygens (including phenoxy) is 1. The summed E-state index contributed by atoms with van der Waals surface area (Å²) in [5.41, 5.74) is 0. The summed E-state index contributed by atoms with van der Waals surface area (Å²) in [5.74, 6) is 0.831. The molecular weight excluding hydrogens is 182 g/mol. The van der Waals surface area contributed by atoms with Gasteiger partial charge in [0.2, 0.25) is 5.90 Å². The molecule has 0 radical (unpaired) electrons. The molecule has 5 heteroatoms. The fourth-order valence-corrected chi connectivity index (χ4v) is 2.08. The van der Waals surface area contributed by atoms with E-state index in [0.29, 0.717) is 5.90 Å². The Kier molecular flexibility index (Phi) is 2.41. The summed E-state index contributed by atoms with van der Waals surface area (Å²) in [4.78, 5) is 11.7. The van der Waals surface area contributed by atoms with Crippen molar-refractivity contribution in [2.24, 2.45) is 11.0 Å². The van der Waals surface area contributed by atoms with Crippen LogP contribution >= 0.6 is 0 Å². The Labute approximate surface area is 83.1 Å². The highest BCUT2D eigenvalue weighted by Gasteiger charge is 2.40. The molecule has 2 heterocycles. The van der Waals surface area contributed by atoms with Crippen molar-refractivity contribution in [2.75, 3.05) is 20.7 Å². The first-order valence-electron chi connectivity index (χ1n) is 4.87. The molecule has 1 saturated heterocycles. The predicted octanol–water partition coefficient (Wildman–Crippen LogP) is -0.214. The van der Waals surface area contributed by atoms with E-state index in [1.807, 2.05) is 0 Å². The van der Waals surface area contributed by atoms with Crippen LogP contribution in [0.2, 0.25) is 0 Å². The van der Waals surface area contributed by atoms with Crippen LogP contribution in [0.25, 0.3) is 0 Å². The molecule has 0 aliphatic carbocycles. The minimum Gasteiger partial charge on any atom is -0.483 e. The van der Waals surface area contributed by atoms with Gasteiger partial charge in [-0.25, -0.2) is 5.01 Å². The zero-order valence-corrected chi connectivity index (χ0v) is 8.49. The van der Waals surface area contributed by atoms with Crippen molar-refractivity contribution >= 4 is 11.8 Å². The number of amides is 1. The molecule has 0 bridgehead atoms. The molecule has 0 aromatic rings. The minimum absolute atomic E-state index is 0.0375. The third kappa shape index (κ3) is 1.37. The number of hydrogen-bond donors (Lipinski definition) is 1. The van der Waals surface area contributed by atoms with Gasteiger partial charge in [0.1, 0.15) is 6.04 Å². The van der Waals surface area contributed by atoms with Gasteiger partial charge in [-0.05, 0) is 19.4 Å². The highest BCUT2D eigenvalue weighted by molar-refractivity contribution is 5.94. The van der Waals surface area contributed by atoms with Crippen LogP contribution in [0.1, 0.15) is 12.8 Å². The molecule has 2 rings (SSSR count). The molecule has 78 valence electrons. The van der Waals surface area contributed by atoms with Crippen LogP contribution < -0.4 is 5.32 Å². The van der Waals surface area contributed by atoms with Crippen molar-refractivity contribution in [1.82, 2.24) is 10.3 Å². The first kappa shape index (κ1) is 9.45. The monoisotopic (exact) mass is 197 g/mol. The Morgan fingerprint density at radius 3 is 3.14 bits per heavy atom. The van der Waals surface area contributed by atoms with E-state index in [-0.39, 0.29) is 17.9 Å². The Bertz CT molecular complexity index is 277. The van der Waals surface area contributed by atoms with Crippen LogP contribution in [0, 0.1) is 5.92 Å². The summed E-state index contributed by atoms with van der Waals surface area (Å²) in [6, 6.07) is -0.138. The number of rotatable bonds is 0. The summed E-state index contributed by atoms with van der Waals surface area (Å²) >= 11 is 0. The molecule has 2 aliphatic heterocycles. The zero-order valence-electron chi connectivity index (χ0n) is 8.49. The number of nitrogens with one attached hydrogen (secondary N) is 1. The molecule has 0 aromatic heterocycles. The SMILES string of the molecule is COC1=NN(C)C(=O)C2NCCCC12. The smallest absolute Gasteiger partial charge is 0.260 e. The summed E-state index contributed by atoms with van der Waals surface area (Å²) in [5, 5.41) is 8.68. The quantitative estimate of drug-likeness (QED) is 0.584. The van der Waals surface area contributed by atoms with E-state index in [0.717, 1.165) is 19.4 Å². The molecule has 2 unspecified atom stereocenters. The van der Waals surface area contributed by atoms with Crippen molar-refractivity contribution in [3.8, 4) is 0 Å². The standard InChI is InChI=1S/C9H15N3O2/c1-12-9(13)7-6(4-3-5-10-7)8(11-12)14-2/h6-7,10H,3-5H2,1-2H3. The number of likely N-dealkylation sites (N-methyl/N-ethyl adjacent to an activating group) is 1. The molecule has 1 fully saturated rings. The number of piperidine rings is 1. The fraction of sp³-hybridized carbons (Fsp3) is 0.778. The van der Waals surface area contributed by atoms with Crippen LogP contribution in [-0.4, -0.2) is 43.6 Å². The van der Waals surface area contributed by atoms with Crippen molar-refractivity contribution < 1.29 is 9.53 Å². The molecule has 0 spiro atoms. The lowest BCUT2D eigenvalue weighted by Crippen LogP contribution is -2.56. The molecular formula is C9H15N3O2. The van der Waals surface area contributed by atoms with Gasteiger partial charge < -0.3 is 10.1 Å². The summed E-state index contributed by atoms with van der Waals surface area (Å²) < 4.78 is 5.20. The highest BCUT2D eigenvalue weighted by atomic mass is 16.5. The highest BCUT2D eigenvalue weighted by Crippen LogP contribution is 2.24. The minimum atomic E-state index is -0.138. The molecule has 2 atom stereocenters. The van der Waals surface area contributed by atoms with E-state index < -0.39 is 0 Å². The van der Waals surface area contributed by atoms with Crippen molar-refractivity contribution in [3.05, 3.63) is 0 Å². The van der Waals surface area contributed by atoms with Crippen molar-refractivity contribution in [2.45, 2.75) is 18.9 Å². The van der Waals surface area contributed by atoms with Gasteiger partial charge in [-0.3, -0.25) is 4.79 Å². The first-order valence-corrected chi connectivity index (χ1v) is 4.87. The maximum absolute atomic E-state index is 11.7. The summed E-state index contributed by atoms with van der Waals surface area (Å²) in [6.45, 7) is 0.901. The van der Waals surface area contributed by atoms with Crippen molar-refractivity contribution in [1.29, 1.82) is 0 Å². The van der Waals surface area contributed by atoms with Gasteiger partial charge in [0.05, 0.1) is 13.0 Å². The summed E-state index contributed by atoms with van der Waals surface area (Å²) in [6.07, 6.45) is 2.05. The van der Waals surface area contributed by atoms with Crippen LogP contribution in [0.5, 0.6) is 0 Å². The second kappa shape index (κ2) is 3.57. The Morgan fingerprint density at radius 1 is 1.64 bits per heavy atom. The lowest BCUT2D eigenvalue weighted by atomic mass is 9.89. The number of carbonyl (C=O) groups excluding carboxylic acids is 1. The van der Waals surface area contributed by atoms with E-state index in [2.05, 4.69) is 10.4 Å². The van der Waals surface area contributed by atoms with E-state index in [4.69, 9.17) is 4.74 Å². The topological polar surface area (TPSA) is 53.9 Å². The maximum Gasteiger partial charge on any atom is 0.260 e. The van der Waals surface area contributed by atoms with Gasteiger partial charge >= 0.3 is 0 Å². The number of carbonyl (C=O) groups is 1. The van der Waals surface area contributed by atoms with Gasteiger partial charge in [0.25, 0.3) is 5.91 Å². The maximum atomic E-state index is 11.7. The van der Waals surface area contributed by atoms with E-state index in [1.54, 1.807) is 14.2 Å². The van der Waals surface area contributed by atoms with Crippen LogP contribution in [0.15, 0.2) is 5.10 Å². The largest absolute Gasteiger partial charge is 0.483 e. The first-order chi connectivity index (χ1) is 6.74. The van der Waals surface area contributed by atoms with Gasteiger partial charge in [0, 0.05) is 7.05 Å². The molecule has 14 heavy (non-hydrogen) atoms. The third-order valence-corrected chi connectivity index (χ3v) is 2.82. The van der Waals surface area contributed by atoms with Gasteiger partial charge in [0.15, 0.2) is 0 Å². The molecule has 1 N–H and O–H groups in total. The molecule has 0 saturated carbocycles. The lowest BCUT2D eigenvalue weighted by Gasteiger charge is -2.36. The summed E-state index contributed by atoms with van der Waals surface area (Å²) in [7, 11) is 3.27. The number of nitrogens with zero attached hydrogens (tertiary/aromatic N) is 2. The second-order valence-electron chi connectivity index (χ2n) is 3.68. The number of fused-ring (bicyclic) bond motifs is 1. The predicted molar refractivity (Wildman–Crippen MR) is 51.7 cm³/mol. The second-order valence-corrected chi connectivity index (χ2v) is 3.68. The molecule has 1 amide bonds. The van der Waals surface area contributed by atoms with Gasteiger partial charge in [-0.2, -0.15) is 0 Å². The number of hydrazone groups is 1. The number of hydrogen-bond acceptors (Lipinski definition) is 4. The van der Waals surface area contributed by atoms with E-state index in [1.165, 1.54) is 5.01 Å². The van der Waals surface area contributed by atoms with Gasteiger partial charge in [-0.15, -0.1) is 5.10 Å². The Morgan fingerprint density at radius 2 is 2.43 bits per heavy atom. The Balaban J connectivity index is 2.27. The average Bonchev–Trinajstić information content (AvgIpc) is 2.23. The normalized spacial score (nSPS) is 32.3. The molecule has 5 nitrogen and oxygen atoms in total. The van der Waals surface area contributed by atoms with E-state index in [9.17, 15) is 4.79 Å². The van der Waals surface area contributed by atoms with Crippen LogP contribution in [0.3, 0.4) is 0 Å². The molecule has 2 aliphatic rings. The van der Waals surface area contributed by atoms with E-state index >= 15 is 0 Å². The number of methoxy groups -OCH3 is 1. The third-order valence-electron chi connectivity index (χ3n) is 2.82. The fourth-order valence-electron chi connectivity index (χ4n) is 2.08. The molecule has 0 aromatic carbocycles. The average molecular weight is 197 g/mol. The van der Waals surface area contributed by atoms with Crippen LogP contribution in [0.4, 0.5) is 0 Å². The zero-order chi connectivity index (χ0) is 10.1. The van der Waals surface area contributed by atoms with Gasteiger partial charge in [-0.1, -0.05) is 0 Å². The van der Waals surface area contributed by atoms with Crippen molar-refractivity contribution in [3.63, 3.8) is 0 Å². The Hall–Kier alpha value is -1.10.